The highest BCUT2D eigenvalue weighted by molar-refractivity contribution is 7.90. The summed E-state index contributed by atoms with van der Waals surface area (Å²) in [6.45, 7) is 1.47. The molecule has 114 valence electrons. The molecule has 1 aliphatic heterocycles. The minimum atomic E-state index is -3.27. The van der Waals surface area contributed by atoms with Crippen molar-refractivity contribution in [1.29, 1.82) is 0 Å². The predicted octanol–water partition coefficient (Wildman–Crippen LogP) is 1.90. The van der Waals surface area contributed by atoms with Gasteiger partial charge in [0, 0.05) is 13.2 Å². The van der Waals surface area contributed by atoms with Crippen molar-refractivity contribution in [2.45, 2.75) is 11.8 Å². The van der Waals surface area contributed by atoms with Crippen LogP contribution in [0.5, 0.6) is 5.75 Å². The minimum Gasteiger partial charge on any atom is -0.486 e. The molecule has 1 heterocycles. The lowest BCUT2D eigenvalue weighted by atomic mass is 10.0. The third kappa shape index (κ3) is 2.55. The van der Waals surface area contributed by atoms with Gasteiger partial charge in [0.05, 0.1) is 10.5 Å². The molecule has 0 fully saturated rings. The lowest BCUT2D eigenvalue weighted by molar-refractivity contribution is -0.140. The van der Waals surface area contributed by atoms with E-state index < -0.39 is 15.8 Å². The Labute approximate surface area is 127 Å². The van der Waals surface area contributed by atoms with E-state index in [0.717, 1.165) is 22.6 Å². The Hall–Kier alpha value is -2.41. The summed E-state index contributed by atoms with van der Waals surface area (Å²) in [6, 6.07) is 8.40. The first-order valence-corrected chi connectivity index (χ1v) is 8.40. The maximum absolute atomic E-state index is 11.6. The first kappa shape index (κ1) is 14.5. The zero-order chi connectivity index (χ0) is 15.9. The fourth-order valence-corrected chi connectivity index (χ4v) is 3.00. The molecule has 0 radical (unpaired) electrons. The molecular formula is C15H13NO5S. The first-order chi connectivity index (χ1) is 10.4. The molecule has 0 saturated heterocycles. The van der Waals surface area contributed by atoms with E-state index in [0.29, 0.717) is 11.5 Å². The zero-order valence-corrected chi connectivity index (χ0v) is 12.8. The molecule has 0 bridgehead atoms. The topological polar surface area (TPSA) is 82.0 Å². The highest BCUT2D eigenvalue weighted by atomic mass is 32.2. The van der Waals surface area contributed by atoms with Crippen molar-refractivity contribution in [3.8, 4) is 5.75 Å². The number of benzene rings is 2. The molecule has 0 N–H and O–H groups in total. The van der Waals surface area contributed by atoms with Crippen LogP contribution in [0.25, 0.3) is 10.8 Å². The summed E-state index contributed by atoms with van der Waals surface area (Å²) in [5.41, 5.74) is 1.22. The van der Waals surface area contributed by atoms with Gasteiger partial charge in [0.25, 0.3) is 0 Å². The van der Waals surface area contributed by atoms with Crippen molar-refractivity contribution in [2.24, 2.45) is 5.16 Å². The molecule has 0 saturated carbocycles. The molecule has 0 aliphatic carbocycles. The van der Waals surface area contributed by atoms with Gasteiger partial charge in [-0.25, -0.2) is 13.2 Å². The average molecular weight is 319 g/mol. The summed E-state index contributed by atoms with van der Waals surface area (Å²) >= 11 is 0. The van der Waals surface area contributed by atoms with Crippen LogP contribution < -0.4 is 4.74 Å². The highest BCUT2D eigenvalue weighted by Crippen LogP contribution is 2.34. The van der Waals surface area contributed by atoms with Crippen LogP contribution in [0.1, 0.15) is 12.5 Å². The van der Waals surface area contributed by atoms with Gasteiger partial charge in [-0.3, -0.25) is 0 Å². The number of oxime groups is 1. The molecule has 2 aromatic carbocycles. The van der Waals surface area contributed by atoms with E-state index in [2.05, 4.69) is 9.99 Å². The Balaban J connectivity index is 2.18. The number of rotatable bonds is 2. The molecular weight excluding hydrogens is 306 g/mol. The van der Waals surface area contributed by atoms with Gasteiger partial charge in [-0.1, -0.05) is 17.3 Å². The monoisotopic (exact) mass is 319 g/mol. The molecule has 0 spiro atoms. The summed E-state index contributed by atoms with van der Waals surface area (Å²) in [6.07, 6.45) is 1.16. The molecule has 0 amide bonds. The van der Waals surface area contributed by atoms with Crippen molar-refractivity contribution in [2.75, 3.05) is 12.9 Å². The smallest absolute Gasteiger partial charge is 0.331 e. The summed E-state index contributed by atoms with van der Waals surface area (Å²) in [5.74, 6) is 0.117. The first-order valence-electron chi connectivity index (χ1n) is 6.51. The van der Waals surface area contributed by atoms with Gasteiger partial charge in [0.15, 0.2) is 9.84 Å². The second-order valence-electron chi connectivity index (χ2n) is 5.00. The van der Waals surface area contributed by atoms with E-state index in [4.69, 9.17) is 4.74 Å². The minimum absolute atomic E-state index is 0.204. The van der Waals surface area contributed by atoms with Crippen LogP contribution in [0.4, 0.5) is 0 Å². The Morgan fingerprint density at radius 3 is 2.73 bits per heavy atom. The van der Waals surface area contributed by atoms with Crippen LogP contribution in [0.3, 0.4) is 0 Å². The molecule has 7 heteroatoms. The Kier molecular flexibility index (Phi) is 3.37. The number of hydrogen-bond donors (Lipinski definition) is 0. The second kappa shape index (κ2) is 5.10. The van der Waals surface area contributed by atoms with Crippen molar-refractivity contribution < 1.29 is 22.8 Å². The van der Waals surface area contributed by atoms with Crippen LogP contribution in [-0.4, -0.2) is 33.0 Å². The van der Waals surface area contributed by atoms with Gasteiger partial charge >= 0.3 is 5.97 Å². The summed E-state index contributed by atoms with van der Waals surface area (Å²) in [5, 5.41) is 5.36. The van der Waals surface area contributed by atoms with Gasteiger partial charge < -0.3 is 9.57 Å². The predicted molar refractivity (Wildman–Crippen MR) is 80.9 cm³/mol. The quantitative estimate of drug-likeness (QED) is 0.624. The Morgan fingerprint density at radius 2 is 2.05 bits per heavy atom. The fourth-order valence-electron chi connectivity index (χ4n) is 2.35. The third-order valence-corrected chi connectivity index (χ3v) is 4.43. The SMILES string of the molecule is CC(=O)O/N=C1\COc2ccc3cc(S(C)(=O)=O)ccc3c21. The maximum Gasteiger partial charge on any atom is 0.331 e. The molecule has 1 aliphatic rings. The fraction of sp³-hybridized carbons (Fsp3) is 0.200. The number of carbonyl (C=O) groups is 1. The third-order valence-electron chi connectivity index (χ3n) is 3.32. The number of nitrogens with zero attached hydrogens (tertiary/aromatic N) is 1. The van der Waals surface area contributed by atoms with Gasteiger partial charge in [-0.05, 0) is 29.0 Å². The van der Waals surface area contributed by atoms with Gasteiger partial charge in [-0.15, -0.1) is 0 Å². The number of ether oxygens (including phenoxy) is 1. The van der Waals surface area contributed by atoms with E-state index in [1.54, 1.807) is 30.3 Å². The van der Waals surface area contributed by atoms with Crippen molar-refractivity contribution >= 4 is 32.3 Å². The van der Waals surface area contributed by atoms with Crippen LogP contribution in [0.2, 0.25) is 0 Å². The van der Waals surface area contributed by atoms with Crippen molar-refractivity contribution in [3.63, 3.8) is 0 Å². The Morgan fingerprint density at radius 1 is 1.27 bits per heavy atom. The second-order valence-corrected chi connectivity index (χ2v) is 7.02. The molecule has 2 aromatic rings. The van der Waals surface area contributed by atoms with Crippen LogP contribution in [0, 0.1) is 0 Å². The van der Waals surface area contributed by atoms with E-state index >= 15 is 0 Å². The van der Waals surface area contributed by atoms with Crippen molar-refractivity contribution in [1.82, 2.24) is 0 Å². The van der Waals surface area contributed by atoms with E-state index in [1.807, 2.05) is 0 Å². The average Bonchev–Trinajstić information content (AvgIpc) is 2.87. The van der Waals surface area contributed by atoms with Gasteiger partial charge in [-0.2, -0.15) is 0 Å². The molecule has 3 rings (SSSR count). The summed E-state index contributed by atoms with van der Waals surface area (Å²) < 4.78 is 28.8. The number of carbonyl (C=O) groups excluding carboxylic acids is 1. The largest absolute Gasteiger partial charge is 0.486 e. The van der Waals surface area contributed by atoms with Gasteiger partial charge in [0.1, 0.15) is 18.1 Å². The summed E-state index contributed by atoms with van der Waals surface area (Å²) in [4.78, 5) is 15.8. The van der Waals surface area contributed by atoms with Crippen LogP contribution in [0.15, 0.2) is 40.4 Å². The number of fused-ring (bicyclic) bond motifs is 3. The standard InChI is InChI=1S/C15H13NO5S/c1-9(17)21-16-13-8-20-14-6-3-10-7-11(22(2,18)19)4-5-12(10)15(13)14/h3-7H,8H2,1-2H3/b16-13+. The van der Waals surface area contributed by atoms with Crippen LogP contribution in [-0.2, 0) is 19.5 Å². The number of hydrogen-bond acceptors (Lipinski definition) is 6. The van der Waals surface area contributed by atoms with E-state index in [1.165, 1.54) is 6.92 Å². The normalized spacial score (nSPS) is 15.6. The van der Waals surface area contributed by atoms with Crippen LogP contribution >= 0.6 is 0 Å². The molecule has 0 atom stereocenters. The zero-order valence-electron chi connectivity index (χ0n) is 12.0. The lowest BCUT2D eigenvalue weighted by Crippen LogP contribution is -2.05. The number of sulfone groups is 1. The summed E-state index contributed by atoms with van der Waals surface area (Å²) in [7, 11) is -3.27. The molecule has 0 unspecified atom stereocenters. The highest BCUT2D eigenvalue weighted by Gasteiger charge is 2.23. The molecule has 6 nitrogen and oxygen atoms in total. The van der Waals surface area contributed by atoms with Gasteiger partial charge in [0.2, 0.25) is 0 Å². The van der Waals surface area contributed by atoms with E-state index in [9.17, 15) is 13.2 Å². The maximum atomic E-state index is 11.6. The Bertz CT molecular complexity index is 915. The molecule has 22 heavy (non-hydrogen) atoms. The van der Waals surface area contributed by atoms with E-state index in [-0.39, 0.29) is 11.5 Å². The molecule has 0 aromatic heterocycles. The van der Waals surface area contributed by atoms with Crippen molar-refractivity contribution in [3.05, 3.63) is 35.9 Å². The lowest BCUT2D eigenvalue weighted by Gasteiger charge is -2.06.